The Kier molecular flexibility index (Phi) is 7.56. The molecule has 3 aromatic carbocycles. The summed E-state index contributed by atoms with van der Waals surface area (Å²) in [5, 5.41) is 18.5. The van der Waals surface area contributed by atoms with Crippen molar-refractivity contribution in [2.75, 3.05) is 5.32 Å². The molecule has 11 heteroatoms. The van der Waals surface area contributed by atoms with Crippen LogP contribution in [0.15, 0.2) is 96.2 Å². The van der Waals surface area contributed by atoms with E-state index in [2.05, 4.69) is 31.1 Å². The molecule has 2 amide bonds. The van der Waals surface area contributed by atoms with E-state index in [1.807, 2.05) is 30.3 Å². The normalized spacial score (nSPS) is 11.9. The molecular formula is C28H22ClN7O3. The fourth-order valence-electron chi connectivity index (χ4n) is 4.08. The van der Waals surface area contributed by atoms with E-state index in [9.17, 15) is 14.4 Å². The van der Waals surface area contributed by atoms with Gasteiger partial charge in [0.2, 0.25) is 11.8 Å². The molecule has 3 N–H and O–H groups in total. The molecule has 2 heterocycles. The third-order valence-electron chi connectivity index (χ3n) is 5.96. The van der Waals surface area contributed by atoms with Crippen LogP contribution in [0, 0.1) is 0 Å². The molecule has 0 aliphatic heterocycles. The van der Waals surface area contributed by atoms with Crippen LogP contribution in [-0.2, 0) is 16.0 Å². The number of aromatic amines is 1. The number of fused-ring (bicyclic) bond motifs is 1. The fourth-order valence-corrected chi connectivity index (χ4v) is 4.26. The maximum atomic E-state index is 13.3. The number of rotatable bonds is 8. The van der Waals surface area contributed by atoms with Crippen LogP contribution in [0.3, 0.4) is 0 Å². The molecule has 0 saturated carbocycles. The molecule has 39 heavy (non-hydrogen) atoms. The quantitative estimate of drug-likeness (QED) is 0.258. The van der Waals surface area contributed by atoms with E-state index in [1.165, 1.54) is 17.1 Å². The average molecular weight is 540 g/mol. The lowest BCUT2D eigenvalue weighted by atomic mass is 10.0. The molecule has 1 unspecified atom stereocenters. The molecule has 0 aliphatic carbocycles. The highest BCUT2D eigenvalue weighted by molar-refractivity contribution is 6.30. The lowest BCUT2D eigenvalue weighted by molar-refractivity contribution is -0.123. The predicted molar refractivity (Wildman–Crippen MR) is 148 cm³/mol. The minimum atomic E-state index is -0.877. The number of anilines is 1. The molecule has 0 aliphatic rings. The summed E-state index contributed by atoms with van der Waals surface area (Å²) in [5.74, 6) is -0.874. The summed E-state index contributed by atoms with van der Waals surface area (Å²) in [6.07, 6.45) is 6.16. The van der Waals surface area contributed by atoms with Gasteiger partial charge in [-0.25, -0.2) is 0 Å². The third-order valence-corrected chi connectivity index (χ3v) is 6.19. The summed E-state index contributed by atoms with van der Waals surface area (Å²) in [4.78, 5) is 40.9. The lowest BCUT2D eigenvalue weighted by Crippen LogP contribution is -2.44. The highest BCUT2D eigenvalue weighted by atomic mass is 35.5. The fraction of sp³-hybridized carbons (Fsp3) is 0.0714. The van der Waals surface area contributed by atoms with Crippen molar-refractivity contribution in [2.45, 2.75) is 12.5 Å². The van der Waals surface area contributed by atoms with Crippen LogP contribution in [0.25, 0.3) is 22.5 Å². The van der Waals surface area contributed by atoms with Gasteiger partial charge < -0.3 is 15.6 Å². The zero-order valence-corrected chi connectivity index (χ0v) is 21.2. The summed E-state index contributed by atoms with van der Waals surface area (Å²) >= 11 is 6.16. The van der Waals surface area contributed by atoms with Gasteiger partial charge in [-0.2, -0.15) is 4.68 Å². The average Bonchev–Trinajstić information content (AvgIpc) is 3.47. The van der Waals surface area contributed by atoms with Gasteiger partial charge in [0.05, 0.1) is 5.69 Å². The number of tetrazole rings is 1. The Morgan fingerprint density at radius 1 is 1.05 bits per heavy atom. The predicted octanol–water partition coefficient (Wildman–Crippen LogP) is 3.54. The number of benzene rings is 3. The third kappa shape index (κ3) is 6.25. The first kappa shape index (κ1) is 25.6. The number of hydrogen-bond acceptors (Lipinski definition) is 6. The van der Waals surface area contributed by atoms with Crippen molar-refractivity contribution in [3.05, 3.63) is 118 Å². The van der Waals surface area contributed by atoms with Crippen molar-refractivity contribution < 1.29 is 9.59 Å². The van der Waals surface area contributed by atoms with Gasteiger partial charge in [-0.15, -0.1) is 5.10 Å². The van der Waals surface area contributed by atoms with E-state index in [4.69, 9.17) is 11.6 Å². The highest BCUT2D eigenvalue weighted by Crippen LogP contribution is 2.20. The SMILES string of the molecule is O=C(C=Cc1cc(Cl)ccc1-n1cnnn1)NC(Cc1ccccc1)C(=O)Nc1ccc2c(=O)[nH]ccc2c1. The Balaban J connectivity index is 1.36. The summed E-state index contributed by atoms with van der Waals surface area (Å²) < 4.78 is 1.46. The van der Waals surface area contributed by atoms with E-state index >= 15 is 0 Å². The molecule has 10 nitrogen and oxygen atoms in total. The van der Waals surface area contributed by atoms with Crippen molar-refractivity contribution in [1.29, 1.82) is 0 Å². The molecule has 0 saturated heterocycles. The second-order valence-corrected chi connectivity index (χ2v) is 9.08. The monoisotopic (exact) mass is 539 g/mol. The number of amides is 2. The van der Waals surface area contributed by atoms with Crippen LogP contribution in [0.1, 0.15) is 11.1 Å². The summed E-state index contributed by atoms with van der Waals surface area (Å²) in [5.41, 5.74) is 2.41. The van der Waals surface area contributed by atoms with E-state index in [1.54, 1.807) is 54.7 Å². The Morgan fingerprint density at radius 2 is 1.90 bits per heavy atom. The first-order valence-corrected chi connectivity index (χ1v) is 12.3. The molecule has 0 spiro atoms. The molecular weight excluding hydrogens is 518 g/mol. The van der Waals surface area contributed by atoms with Gasteiger partial charge in [-0.1, -0.05) is 41.9 Å². The van der Waals surface area contributed by atoms with Crippen LogP contribution in [0.2, 0.25) is 5.02 Å². The number of nitrogens with one attached hydrogen (secondary N) is 3. The number of halogens is 1. The van der Waals surface area contributed by atoms with Crippen molar-refractivity contribution in [2.24, 2.45) is 0 Å². The number of carbonyl (C=O) groups excluding carboxylic acids is 2. The van der Waals surface area contributed by atoms with E-state index < -0.39 is 17.9 Å². The summed E-state index contributed by atoms with van der Waals surface area (Å²) in [6, 6.07) is 20.4. The van der Waals surface area contributed by atoms with Crippen LogP contribution in [0.4, 0.5) is 5.69 Å². The van der Waals surface area contributed by atoms with Gasteiger partial charge >= 0.3 is 0 Å². The molecule has 5 rings (SSSR count). The molecule has 0 bridgehead atoms. The summed E-state index contributed by atoms with van der Waals surface area (Å²) in [7, 11) is 0. The zero-order chi connectivity index (χ0) is 27.2. The van der Waals surface area contributed by atoms with E-state index in [-0.39, 0.29) is 12.0 Å². The first-order valence-electron chi connectivity index (χ1n) is 11.9. The number of nitrogens with zero attached hydrogens (tertiary/aromatic N) is 4. The first-order chi connectivity index (χ1) is 19.0. The van der Waals surface area contributed by atoms with Gasteiger partial charge in [0, 0.05) is 40.4 Å². The number of hydrogen-bond donors (Lipinski definition) is 3. The second kappa shape index (κ2) is 11.5. The second-order valence-electron chi connectivity index (χ2n) is 8.64. The van der Waals surface area contributed by atoms with Gasteiger partial charge in [0.25, 0.3) is 5.56 Å². The van der Waals surface area contributed by atoms with E-state index in [0.717, 1.165) is 5.56 Å². The minimum Gasteiger partial charge on any atom is -0.340 e. The van der Waals surface area contributed by atoms with Gasteiger partial charge in [-0.05, 0) is 69.9 Å². The highest BCUT2D eigenvalue weighted by Gasteiger charge is 2.21. The molecule has 0 radical (unpaired) electrons. The zero-order valence-electron chi connectivity index (χ0n) is 20.4. The van der Waals surface area contributed by atoms with Crippen molar-refractivity contribution in [1.82, 2.24) is 30.5 Å². The molecule has 5 aromatic rings. The number of pyridine rings is 1. The standard InChI is InChI=1S/C28H22ClN7O3/c29-21-7-10-25(36-17-31-34-35-36)20(15-21)6-11-26(37)33-24(14-18-4-2-1-3-5-18)28(39)32-22-8-9-23-19(16-22)12-13-30-27(23)38/h1-13,15-17,24H,14H2,(H,30,38)(H,32,39)(H,33,37). The van der Waals surface area contributed by atoms with Crippen LogP contribution in [0.5, 0.6) is 0 Å². The largest absolute Gasteiger partial charge is 0.340 e. The minimum absolute atomic E-state index is 0.214. The maximum Gasteiger partial charge on any atom is 0.255 e. The van der Waals surface area contributed by atoms with Crippen molar-refractivity contribution in [3.8, 4) is 5.69 Å². The molecule has 0 fully saturated rings. The Hall–Kier alpha value is -5.09. The van der Waals surface area contributed by atoms with Gasteiger partial charge in [-0.3, -0.25) is 14.4 Å². The Labute approximate surface area is 227 Å². The maximum absolute atomic E-state index is 13.3. The van der Waals surface area contributed by atoms with Crippen molar-refractivity contribution >= 4 is 46.0 Å². The van der Waals surface area contributed by atoms with Gasteiger partial charge in [0.1, 0.15) is 12.4 Å². The Morgan fingerprint density at radius 3 is 2.69 bits per heavy atom. The smallest absolute Gasteiger partial charge is 0.255 e. The van der Waals surface area contributed by atoms with Crippen LogP contribution < -0.4 is 16.2 Å². The molecule has 2 aromatic heterocycles. The lowest BCUT2D eigenvalue weighted by Gasteiger charge is -2.18. The molecule has 1 atom stereocenters. The van der Waals surface area contributed by atoms with Crippen LogP contribution in [-0.4, -0.2) is 43.0 Å². The topological polar surface area (TPSA) is 135 Å². The van der Waals surface area contributed by atoms with Crippen LogP contribution >= 0.6 is 11.6 Å². The molecule has 194 valence electrons. The number of aromatic nitrogens is 5. The van der Waals surface area contributed by atoms with Crippen molar-refractivity contribution in [3.63, 3.8) is 0 Å². The summed E-state index contributed by atoms with van der Waals surface area (Å²) in [6.45, 7) is 0. The number of H-pyrrole nitrogens is 1. The number of carbonyl (C=O) groups is 2. The van der Waals surface area contributed by atoms with E-state index in [0.29, 0.717) is 32.7 Å². The van der Waals surface area contributed by atoms with Gasteiger partial charge in [0.15, 0.2) is 0 Å². The Bertz CT molecular complexity index is 1720.